The lowest BCUT2D eigenvalue weighted by Gasteiger charge is -2.08. The molecular weight excluding hydrogens is 282 g/mol. The Bertz CT molecular complexity index is 640. The third kappa shape index (κ3) is 2.92. The van der Waals surface area contributed by atoms with Crippen molar-refractivity contribution in [2.24, 2.45) is 0 Å². The largest absolute Gasteiger partial charge is 0.454 e. The van der Waals surface area contributed by atoms with Crippen LogP contribution in [-0.2, 0) is 13.2 Å². The predicted octanol–water partition coefficient (Wildman–Crippen LogP) is 2.75. The second kappa shape index (κ2) is 6.79. The van der Waals surface area contributed by atoms with Gasteiger partial charge < -0.3 is 14.6 Å². The third-order valence-corrected chi connectivity index (χ3v) is 3.82. The van der Waals surface area contributed by atoms with Crippen LogP contribution in [-0.4, -0.2) is 26.9 Å². The maximum absolute atomic E-state index is 9.52. The fourth-order valence-electron chi connectivity index (χ4n) is 2.66. The van der Waals surface area contributed by atoms with Crippen molar-refractivity contribution in [3.8, 4) is 22.8 Å². The van der Waals surface area contributed by atoms with Crippen LogP contribution in [0, 0.1) is 0 Å². The Labute approximate surface area is 129 Å². The Kier molecular flexibility index (Phi) is 4.58. The summed E-state index contributed by atoms with van der Waals surface area (Å²) in [5.41, 5.74) is 2.39. The minimum atomic E-state index is -0.126. The summed E-state index contributed by atoms with van der Waals surface area (Å²) < 4.78 is 12.6. The monoisotopic (exact) mass is 303 g/mol. The summed E-state index contributed by atoms with van der Waals surface area (Å²) in [6, 6.07) is 5.75. The lowest BCUT2D eigenvalue weighted by Crippen LogP contribution is -2.03. The topological polar surface area (TPSA) is 69.4 Å². The van der Waals surface area contributed by atoms with Gasteiger partial charge in [-0.2, -0.15) is 0 Å². The minimum absolute atomic E-state index is 0.126. The lowest BCUT2D eigenvalue weighted by atomic mass is 10.1. The van der Waals surface area contributed by atoms with Crippen molar-refractivity contribution in [2.45, 2.75) is 45.8 Å². The molecule has 2 aromatic rings. The van der Waals surface area contributed by atoms with Crippen molar-refractivity contribution in [3.05, 3.63) is 23.9 Å². The van der Waals surface area contributed by atoms with Crippen molar-refractivity contribution in [2.75, 3.05) is 6.79 Å². The van der Waals surface area contributed by atoms with E-state index in [1.807, 2.05) is 22.9 Å². The molecule has 1 aromatic heterocycles. The molecule has 0 fully saturated rings. The highest BCUT2D eigenvalue weighted by Crippen LogP contribution is 2.36. The molecule has 6 nitrogen and oxygen atoms in total. The van der Waals surface area contributed by atoms with Crippen molar-refractivity contribution < 1.29 is 14.6 Å². The third-order valence-electron chi connectivity index (χ3n) is 3.82. The first-order chi connectivity index (χ1) is 10.8. The number of aromatic nitrogens is 3. The first-order valence-electron chi connectivity index (χ1n) is 7.76. The Hall–Kier alpha value is -2.08. The summed E-state index contributed by atoms with van der Waals surface area (Å²) in [7, 11) is 0. The van der Waals surface area contributed by atoms with E-state index in [4.69, 9.17) is 9.47 Å². The van der Waals surface area contributed by atoms with E-state index in [1.54, 1.807) is 0 Å². The number of aliphatic hydroxyl groups is 1. The molecule has 0 atom stereocenters. The van der Waals surface area contributed by atoms with Gasteiger partial charge in [0.15, 0.2) is 11.5 Å². The molecule has 2 heterocycles. The summed E-state index contributed by atoms with van der Waals surface area (Å²) in [5, 5.41) is 17.8. The van der Waals surface area contributed by atoms with Crippen LogP contribution in [0.3, 0.4) is 0 Å². The first-order valence-corrected chi connectivity index (χ1v) is 7.76. The molecule has 1 aliphatic heterocycles. The standard InChI is InChI=1S/C16H21N3O3/c1-2-3-4-5-8-19-16(13(10-20)17-18-19)12-6-7-14-15(9-12)22-11-21-14/h6-7,9,20H,2-5,8,10-11H2,1H3. The van der Waals surface area contributed by atoms with Crippen LogP contribution in [0.1, 0.15) is 38.3 Å². The summed E-state index contributed by atoms with van der Waals surface area (Å²) in [6.07, 6.45) is 4.65. The number of hydrogen-bond acceptors (Lipinski definition) is 5. The highest BCUT2D eigenvalue weighted by molar-refractivity contribution is 5.66. The van der Waals surface area contributed by atoms with Crippen molar-refractivity contribution in [1.82, 2.24) is 15.0 Å². The van der Waals surface area contributed by atoms with Gasteiger partial charge in [0.05, 0.1) is 12.3 Å². The summed E-state index contributed by atoms with van der Waals surface area (Å²) in [4.78, 5) is 0. The predicted molar refractivity (Wildman–Crippen MR) is 81.6 cm³/mol. The molecule has 1 aromatic carbocycles. The molecule has 0 aliphatic carbocycles. The van der Waals surface area contributed by atoms with Crippen LogP contribution in [0.5, 0.6) is 11.5 Å². The maximum atomic E-state index is 9.52. The molecule has 6 heteroatoms. The number of aryl methyl sites for hydroxylation is 1. The van der Waals surface area contributed by atoms with Crippen molar-refractivity contribution >= 4 is 0 Å². The zero-order chi connectivity index (χ0) is 15.4. The van der Waals surface area contributed by atoms with E-state index in [0.717, 1.165) is 35.7 Å². The highest BCUT2D eigenvalue weighted by Gasteiger charge is 2.19. The number of rotatable bonds is 7. The lowest BCUT2D eigenvalue weighted by molar-refractivity contribution is 0.174. The van der Waals surface area contributed by atoms with Gasteiger partial charge in [0, 0.05) is 12.1 Å². The number of hydrogen-bond donors (Lipinski definition) is 1. The van der Waals surface area contributed by atoms with Gasteiger partial charge in [-0.3, -0.25) is 0 Å². The molecule has 1 N–H and O–H groups in total. The van der Waals surface area contributed by atoms with E-state index in [2.05, 4.69) is 17.2 Å². The SMILES string of the molecule is CCCCCCn1nnc(CO)c1-c1ccc2c(c1)OCO2. The number of benzene rings is 1. The number of ether oxygens (including phenoxy) is 2. The van der Waals surface area contributed by atoms with Gasteiger partial charge in [0.25, 0.3) is 0 Å². The van der Waals surface area contributed by atoms with Gasteiger partial charge in [-0.05, 0) is 24.6 Å². The molecule has 3 rings (SSSR count). The van der Waals surface area contributed by atoms with Crippen molar-refractivity contribution in [1.29, 1.82) is 0 Å². The summed E-state index contributed by atoms with van der Waals surface area (Å²) in [6.45, 7) is 3.12. The Morgan fingerprint density at radius 3 is 2.86 bits per heavy atom. The summed E-state index contributed by atoms with van der Waals surface area (Å²) >= 11 is 0. The molecule has 0 bridgehead atoms. The number of fused-ring (bicyclic) bond motifs is 1. The van der Waals surface area contributed by atoms with Crippen LogP contribution in [0.2, 0.25) is 0 Å². The van der Waals surface area contributed by atoms with Crippen LogP contribution >= 0.6 is 0 Å². The Morgan fingerprint density at radius 1 is 1.18 bits per heavy atom. The van der Waals surface area contributed by atoms with E-state index in [1.165, 1.54) is 19.3 Å². The molecule has 0 amide bonds. The minimum Gasteiger partial charge on any atom is -0.454 e. The molecule has 118 valence electrons. The Balaban J connectivity index is 1.86. The molecule has 0 saturated carbocycles. The Morgan fingerprint density at radius 2 is 2.05 bits per heavy atom. The molecule has 0 saturated heterocycles. The second-order valence-corrected chi connectivity index (χ2v) is 5.39. The molecule has 0 spiro atoms. The van der Waals surface area contributed by atoms with Gasteiger partial charge >= 0.3 is 0 Å². The average Bonchev–Trinajstić information content (AvgIpc) is 3.16. The molecule has 1 aliphatic rings. The smallest absolute Gasteiger partial charge is 0.231 e. The van der Waals surface area contributed by atoms with E-state index < -0.39 is 0 Å². The van der Waals surface area contributed by atoms with Gasteiger partial charge in [-0.15, -0.1) is 5.10 Å². The normalized spacial score (nSPS) is 12.8. The van der Waals surface area contributed by atoms with Crippen LogP contribution in [0.4, 0.5) is 0 Å². The zero-order valence-electron chi connectivity index (χ0n) is 12.8. The van der Waals surface area contributed by atoms with Gasteiger partial charge in [0.2, 0.25) is 6.79 Å². The zero-order valence-corrected chi connectivity index (χ0v) is 12.8. The van der Waals surface area contributed by atoms with Crippen molar-refractivity contribution in [3.63, 3.8) is 0 Å². The fourth-order valence-corrected chi connectivity index (χ4v) is 2.66. The highest BCUT2D eigenvalue weighted by atomic mass is 16.7. The fraction of sp³-hybridized carbons (Fsp3) is 0.500. The quantitative estimate of drug-likeness (QED) is 0.796. The van der Waals surface area contributed by atoms with Crippen LogP contribution in [0.15, 0.2) is 18.2 Å². The van der Waals surface area contributed by atoms with Gasteiger partial charge in [-0.1, -0.05) is 31.4 Å². The first kappa shape index (κ1) is 14.8. The van der Waals surface area contributed by atoms with Crippen LogP contribution < -0.4 is 9.47 Å². The molecule has 22 heavy (non-hydrogen) atoms. The number of nitrogens with zero attached hydrogens (tertiary/aromatic N) is 3. The molecular formula is C16H21N3O3. The maximum Gasteiger partial charge on any atom is 0.231 e. The average molecular weight is 303 g/mol. The summed E-state index contributed by atoms with van der Waals surface area (Å²) in [5.74, 6) is 1.47. The second-order valence-electron chi connectivity index (χ2n) is 5.39. The van der Waals surface area contributed by atoms with E-state index in [0.29, 0.717) is 5.69 Å². The van der Waals surface area contributed by atoms with Gasteiger partial charge in [-0.25, -0.2) is 4.68 Å². The van der Waals surface area contributed by atoms with E-state index in [-0.39, 0.29) is 13.4 Å². The van der Waals surface area contributed by atoms with E-state index >= 15 is 0 Å². The number of unbranched alkanes of at least 4 members (excludes halogenated alkanes) is 3. The number of aliphatic hydroxyl groups excluding tert-OH is 1. The van der Waals surface area contributed by atoms with Crippen LogP contribution in [0.25, 0.3) is 11.3 Å². The molecule has 0 radical (unpaired) electrons. The molecule has 0 unspecified atom stereocenters. The van der Waals surface area contributed by atoms with E-state index in [9.17, 15) is 5.11 Å². The van der Waals surface area contributed by atoms with Gasteiger partial charge in [0.1, 0.15) is 5.69 Å².